The van der Waals surface area contributed by atoms with Crippen LogP contribution in [0.25, 0.3) is 0 Å². The van der Waals surface area contributed by atoms with E-state index in [0.29, 0.717) is 11.6 Å². The van der Waals surface area contributed by atoms with Gasteiger partial charge in [0.1, 0.15) is 6.61 Å². The Balaban J connectivity index is 2.09. The summed E-state index contributed by atoms with van der Waals surface area (Å²) in [6.07, 6.45) is 0. The normalized spacial score (nSPS) is 10.4. The molecule has 0 atom stereocenters. The zero-order valence-electron chi connectivity index (χ0n) is 9.70. The Labute approximate surface area is 110 Å². The molecule has 4 heteroatoms. The summed E-state index contributed by atoms with van der Waals surface area (Å²) < 4.78 is 18.7. The molecule has 0 radical (unpaired) electrons. The molecule has 0 unspecified atom stereocenters. The largest absolute Gasteiger partial charge is 0.486 e. The third-order valence-corrected chi connectivity index (χ3v) is 2.92. The topological polar surface area (TPSA) is 35.2 Å². The maximum atomic E-state index is 13.3. The van der Waals surface area contributed by atoms with Gasteiger partial charge in [0.25, 0.3) is 0 Å². The molecule has 2 nitrogen and oxygen atoms in total. The number of benzene rings is 2. The van der Waals surface area contributed by atoms with Crippen molar-refractivity contribution in [3.8, 4) is 5.75 Å². The van der Waals surface area contributed by atoms with Gasteiger partial charge in [0.05, 0.1) is 0 Å². The molecule has 2 rings (SSSR count). The van der Waals surface area contributed by atoms with Gasteiger partial charge in [-0.1, -0.05) is 35.9 Å². The SMILES string of the molecule is NCc1ccc(COc2ccccc2F)c(Cl)c1. The van der Waals surface area contributed by atoms with Crippen LogP contribution < -0.4 is 10.5 Å². The molecule has 2 aromatic carbocycles. The third kappa shape index (κ3) is 3.00. The number of rotatable bonds is 4. The summed E-state index contributed by atoms with van der Waals surface area (Å²) in [7, 11) is 0. The highest BCUT2D eigenvalue weighted by Gasteiger charge is 2.05. The fourth-order valence-corrected chi connectivity index (χ4v) is 1.81. The van der Waals surface area contributed by atoms with Gasteiger partial charge in [0, 0.05) is 17.1 Å². The number of ether oxygens (including phenoxy) is 1. The van der Waals surface area contributed by atoms with Crippen LogP contribution in [0.5, 0.6) is 5.75 Å². The number of nitrogens with two attached hydrogens (primary N) is 1. The lowest BCUT2D eigenvalue weighted by molar-refractivity contribution is 0.290. The van der Waals surface area contributed by atoms with E-state index in [-0.39, 0.29) is 18.2 Å². The summed E-state index contributed by atoms with van der Waals surface area (Å²) in [5.41, 5.74) is 7.27. The highest BCUT2D eigenvalue weighted by atomic mass is 35.5. The second-order valence-corrected chi connectivity index (χ2v) is 4.26. The van der Waals surface area contributed by atoms with Gasteiger partial charge in [-0.05, 0) is 23.8 Å². The highest BCUT2D eigenvalue weighted by Crippen LogP contribution is 2.21. The smallest absolute Gasteiger partial charge is 0.165 e. The molecule has 0 aliphatic carbocycles. The van der Waals surface area contributed by atoms with Crippen molar-refractivity contribution in [3.05, 3.63) is 64.4 Å². The van der Waals surface area contributed by atoms with Gasteiger partial charge in [-0.2, -0.15) is 0 Å². The maximum Gasteiger partial charge on any atom is 0.165 e. The Hall–Kier alpha value is -1.58. The second kappa shape index (κ2) is 5.85. The minimum absolute atomic E-state index is 0.219. The lowest BCUT2D eigenvalue weighted by Crippen LogP contribution is -2.00. The predicted molar refractivity (Wildman–Crippen MR) is 70.1 cm³/mol. The van der Waals surface area contributed by atoms with Gasteiger partial charge in [-0.25, -0.2) is 4.39 Å². The molecule has 0 bridgehead atoms. The number of para-hydroxylation sites is 1. The third-order valence-electron chi connectivity index (χ3n) is 2.57. The molecular formula is C14H13ClFNO. The van der Waals surface area contributed by atoms with Crippen molar-refractivity contribution in [2.75, 3.05) is 0 Å². The van der Waals surface area contributed by atoms with Crippen LogP contribution in [0.2, 0.25) is 5.02 Å². The van der Waals surface area contributed by atoms with Crippen molar-refractivity contribution in [2.24, 2.45) is 5.73 Å². The van der Waals surface area contributed by atoms with E-state index in [1.165, 1.54) is 6.07 Å². The van der Waals surface area contributed by atoms with Crippen molar-refractivity contribution >= 4 is 11.6 Å². The van der Waals surface area contributed by atoms with E-state index >= 15 is 0 Å². The predicted octanol–water partition coefficient (Wildman–Crippen LogP) is 3.52. The average molecular weight is 266 g/mol. The van der Waals surface area contributed by atoms with Crippen LogP contribution in [0.4, 0.5) is 4.39 Å². The molecule has 94 valence electrons. The summed E-state index contributed by atoms with van der Waals surface area (Å²) in [5.74, 6) is -0.163. The highest BCUT2D eigenvalue weighted by molar-refractivity contribution is 6.31. The summed E-state index contributed by atoms with van der Waals surface area (Å²) in [4.78, 5) is 0. The lowest BCUT2D eigenvalue weighted by Gasteiger charge is -2.09. The second-order valence-electron chi connectivity index (χ2n) is 3.85. The molecule has 0 fully saturated rings. The summed E-state index contributed by atoms with van der Waals surface area (Å²) in [5, 5.41) is 0.578. The van der Waals surface area contributed by atoms with Crippen LogP contribution in [-0.2, 0) is 13.2 Å². The fourth-order valence-electron chi connectivity index (χ4n) is 1.55. The van der Waals surface area contributed by atoms with E-state index in [4.69, 9.17) is 22.1 Å². The van der Waals surface area contributed by atoms with Gasteiger partial charge in [-0.3, -0.25) is 0 Å². The zero-order chi connectivity index (χ0) is 13.0. The van der Waals surface area contributed by atoms with Gasteiger partial charge < -0.3 is 10.5 Å². The zero-order valence-corrected chi connectivity index (χ0v) is 10.5. The van der Waals surface area contributed by atoms with Crippen LogP contribution >= 0.6 is 11.6 Å². The van der Waals surface area contributed by atoms with Crippen LogP contribution in [0.1, 0.15) is 11.1 Å². The van der Waals surface area contributed by atoms with Crippen molar-refractivity contribution in [2.45, 2.75) is 13.2 Å². The first-order valence-corrected chi connectivity index (χ1v) is 5.93. The van der Waals surface area contributed by atoms with E-state index in [1.807, 2.05) is 12.1 Å². The Bertz CT molecular complexity index is 545. The average Bonchev–Trinajstić information content (AvgIpc) is 2.39. The van der Waals surface area contributed by atoms with Crippen LogP contribution in [0.15, 0.2) is 42.5 Å². The fraction of sp³-hybridized carbons (Fsp3) is 0.143. The first-order valence-electron chi connectivity index (χ1n) is 5.55. The van der Waals surface area contributed by atoms with Gasteiger partial charge in [-0.15, -0.1) is 0 Å². The van der Waals surface area contributed by atoms with Crippen LogP contribution in [0, 0.1) is 5.82 Å². The molecule has 0 aliphatic rings. The Morgan fingerprint density at radius 3 is 2.61 bits per heavy atom. The van der Waals surface area contributed by atoms with Gasteiger partial charge in [0.15, 0.2) is 11.6 Å². The summed E-state index contributed by atoms with van der Waals surface area (Å²) >= 11 is 6.08. The molecule has 18 heavy (non-hydrogen) atoms. The molecule has 0 amide bonds. The molecule has 2 N–H and O–H groups in total. The molecule has 0 spiro atoms. The quantitative estimate of drug-likeness (QED) is 0.918. The first-order chi connectivity index (χ1) is 8.70. The van der Waals surface area contributed by atoms with E-state index in [0.717, 1.165) is 11.1 Å². The Morgan fingerprint density at radius 1 is 1.17 bits per heavy atom. The Kier molecular flexibility index (Phi) is 4.18. The van der Waals surface area contributed by atoms with Crippen molar-refractivity contribution < 1.29 is 9.13 Å². The molecule has 2 aromatic rings. The van der Waals surface area contributed by atoms with E-state index in [1.54, 1.807) is 24.3 Å². The van der Waals surface area contributed by atoms with E-state index < -0.39 is 0 Å². The molecule has 0 saturated carbocycles. The lowest BCUT2D eigenvalue weighted by atomic mass is 10.1. The van der Waals surface area contributed by atoms with Crippen LogP contribution in [0.3, 0.4) is 0 Å². The first kappa shape index (κ1) is 12.9. The van der Waals surface area contributed by atoms with E-state index in [9.17, 15) is 4.39 Å². The van der Waals surface area contributed by atoms with Crippen molar-refractivity contribution in [1.29, 1.82) is 0 Å². The molecule has 0 aromatic heterocycles. The molecule has 0 heterocycles. The molecular weight excluding hydrogens is 253 g/mol. The minimum Gasteiger partial charge on any atom is -0.486 e. The monoisotopic (exact) mass is 265 g/mol. The number of hydrogen-bond acceptors (Lipinski definition) is 2. The number of halogens is 2. The number of hydrogen-bond donors (Lipinski definition) is 1. The molecule has 0 aliphatic heterocycles. The summed E-state index contributed by atoms with van der Waals surface area (Å²) in [6.45, 7) is 0.665. The standard InChI is InChI=1S/C14H13ClFNO/c15-12-7-10(8-17)5-6-11(12)9-18-14-4-2-1-3-13(14)16/h1-7H,8-9,17H2. The minimum atomic E-state index is -0.382. The van der Waals surface area contributed by atoms with Crippen molar-refractivity contribution in [1.82, 2.24) is 0 Å². The van der Waals surface area contributed by atoms with Crippen molar-refractivity contribution in [3.63, 3.8) is 0 Å². The van der Waals surface area contributed by atoms with Gasteiger partial charge in [0.2, 0.25) is 0 Å². The Morgan fingerprint density at radius 2 is 1.94 bits per heavy atom. The van der Waals surface area contributed by atoms with Crippen LogP contribution in [-0.4, -0.2) is 0 Å². The maximum absolute atomic E-state index is 13.3. The van der Waals surface area contributed by atoms with E-state index in [2.05, 4.69) is 0 Å². The van der Waals surface area contributed by atoms with Gasteiger partial charge >= 0.3 is 0 Å². The summed E-state index contributed by atoms with van der Waals surface area (Å²) in [6, 6.07) is 11.8. The molecule has 0 saturated heterocycles.